The molecule has 30 heavy (non-hydrogen) atoms. The summed E-state index contributed by atoms with van der Waals surface area (Å²) < 4.78 is 0. The number of hydrogen-bond acceptors (Lipinski definition) is 3. The number of nitrogens with one attached hydrogen (secondary N) is 1. The van der Waals surface area contributed by atoms with Crippen LogP contribution in [-0.4, -0.2) is 36.2 Å². The molecule has 2 heterocycles. The van der Waals surface area contributed by atoms with E-state index >= 15 is 0 Å². The Morgan fingerprint density at radius 1 is 1.00 bits per heavy atom. The molecule has 4 nitrogen and oxygen atoms in total. The number of nitrogens with zero attached hydrogens (tertiary/aromatic N) is 1. The average molecular weight is 425 g/mol. The van der Waals surface area contributed by atoms with Gasteiger partial charge in [-0.1, -0.05) is 35.9 Å². The number of ketones is 1. The molecule has 158 valence electrons. The van der Waals surface area contributed by atoms with Crippen LogP contribution in [0, 0.1) is 0 Å². The SMILES string of the molecule is O=C(CCC(=O)N1CCC(c2ccc(Cl)cc2)CC1)c1ccc2c(c1)CNCCC2. The molecule has 1 fully saturated rings. The van der Waals surface area contributed by atoms with Crippen LogP contribution in [0.3, 0.4) is 0 Å². The third-order valence-electron chi connectivity index (χ3n) is 6.40. The van der Waals surface area contributed by atoms with Crippen molar-refractivity contribution in [2.45, 2.75) is 51.0 Å². The largest absolute Gasteiger partial charge is 0.343 e. The Labute approximate surface area is 183 Å². The molecule has 2 aliphatic rings. The zero-order chi connectivity index (χ0) is 20.9. The van der Waals surface area contributed by atoms with Crippen LogP contribution in [0.1, 0.15) is 65.1 Å². The van der Waals surface area contributed by atoms with Gasteiger partial charge in [-0.25, -0.2) is 0 Å². The van der Waals surface area contributed by atoms with Gasteiger partial charge in [-0.3, -0.25) is 9.59 Å². The Kier molecular flexibility index (Phi) is 6.86. The number of Topliss-reactive ketones (excluding diaryl/α,β-unsaturated/α-hetero) is 1. The third kappa shape index (κ3) is 5.11. The van der Waals surface area contributed by atoms with E-state index in [9.17, 15) is 9.59 Å². The summed E-state index contributed by atoms with van der Waals surface area (Å²) in [7, 11) is 0. The highest BCUT2D eigenvalue weighted by atomic mass is 35.5. The van der Waals surface area contributed by atoms with Gasteiger partial charge in [-0.15, -0.1) is 0 Å². The number of carbonyl (C=O) groups excluding carboxylic acids is 2. The number of carbonyl (C=O) groups is 2. The summed E-state index contributed by atoms with van der Waals surface area (Å²) in [4.78, 5) is 27.2. The summed E-state index contributed by atoms with van der Waals surface area (Å²) >= 11 is 5.98. The van der Waals surface area contributed by atoms with Gasteiger partial charge >= 0.3 is 0 Å². The second-order valence-corrected chi connectivity index (χ2v) is 8.83. The maximum atomic E-state index is 12.7. The van der Waals surface area contributed by atoms with Crippen LogP contribution in [0.15, 0.2) is 42.5 Å². The van der Waals surface area contributed by atoms with Gasteiger partial charge in [0.2, 0.25) is 5.91 Å². The number of fused-ring (bicyclic) bond motifs is 1. The van der Waals surface area contributed by atoms with Crippen LogP contribution < -0.4 is 5.32 Å². The topological polar surface area (TPSA) is 49.4 Å². The molecule has 1 saturated heterocycles. The van der Waals surface area contributed by atoms with Crippen molar-refractivity contribution in [3.63, 3.8) is 0 Å². The molecule has 1 amide bonds. The Balaban J connectivity index is 1.27. The van der Waals surface area contributed by atoms with Crippen molar-refractivity contribution in [2.75, 3.05) is 19.6 Å². The molecule has 1 N–H and O–H groups in total. The van der Waals surface area contributed by atoms with E-state index in [0.29, 0.717) is 12.3 Å². The first-order valence-electron chi connectivity index (χ1n) is 11.0. The molecule has 0 atom stereocenters. The molecule has 2 aromatic rings. The monoisotopic (exact) mass is 424 g/mol. The van der Waals surface area contributed by atoms with E-state index in [1.54, 1.807) is 0 Å². The number of hydrogen-bond donors (Lipinski definition) is 1. The van der Waals surface area contributed by atoms with Crippen LogP contribution >= 0.6 is 11.6 Å². The lowest BCUT2D eigenvalue weighted by Gasteiger charge is -2.32. The fraction of sp³-hybridized carbons (Fsp3) is 0.440. The number of halogens is 1. The minimum atomic E-state index is 0.0615. The van der Waals surface area contributed by atoms with Crippen LogP contribution in [0.4, 0.5) is 0 Å². The van der Waals surface area contributed by atoms with Crippen molar-refractivity contribution >= 4 is 23.3 Å². The molecule has 5 heteroatoms. The van der Waals surface area contributed by atoms with Gasteiger partial charge in [0.05, 0.1) is 0 Å². The second-order valence-electron chi connectivity index (χ2n) is 8.39. The normalized spacial score (nSPS) is 17.3. The minimum Gasteiger partial charge on any atom is -0.343 e. The number of benzene rings is 2. The number of rotatable bonds is 5. The first-order chi connectivity index (χ1) is 14.6. The Morgan fingerprint density at radius 3 is 2.53 bits per heavy atom. The first kappa shape index (κ1) is 21.1. The number of aryl methyl sites for hydroxylation is 1. The standard InChI is InChI=1S/C25H29ClN2O2/c26-23-7-5-19(6-8-23)20-11-14-28(15-12-20)25(30)10-9-24(29)21-4-3-18-2-1-13-27-17-22(18)16-21/h3-8,16,20,27H,1-2,9-15,17H2. The second kappa shape index (κ2) is 9.76. The van der Waals surface area contributed by atoms with Crippen LogP contribution in [-0.2, 0) is 17.8 Å². The van der Waals surface area contributed by atoms with E-state index in [-0.39, 0.29) is 18.1 Å². The Hall–Kier alpha value is -2.17. The summed E-state index contributed by atoms with van der Waals surface area (Å²) in [5.41, 5.74) is 4.57. The fourth-order valence-electron chi connectivity index (χ4n) is 4.55. The zero-order valence-electron chi connectivity index (χ0n) is 17.3. The summed E-state index contributed by atoms with van der Waals surface area (Å²) in [6.07, 6.45) is 4.67. The number of piperidine rings is 1. The Bertz CT molecular complexity index is 902. The maximum absolute atomic E-state index is 12.7. The molecule has 2 aromatic carbocycles. The predicted octanol–water partition coefficient (Wildman–Crippen LogP) is 4.74. The molecule has 0 aromatic heterocycles. The van der Waals surface area contributed by atoms with Crippen LogP contribution in [0.2, 0.25) is 5.02 Å². The van der Waals surface area contributed by atoms with Crippen molar-refractivity contribution in [3.05, 3.63) is 69.7 Å². The van der Waals surface area contributed by atoms with Crippen LogP contribution in [0.5, 0.6) is 0 Å². The van der Waals surface area contributed by atoms with Crippen molar-refractivity contribution in [1.82, 2.24) is 10.2 Å². The molecule has 0 saturated carbocycles. The van der Waals surface area contributed by atoms with Crippen molar-refractivity contribution in [3.8, 4) is 0 Å². The van der Waals surface area contributed by atoms with Gasteiger partial charge in [0, 0.05) is 43.1 Å². The van der Waals surface area contributed by atoms with Gasteiger partial charge in [0.25, 0.3) is 0 Å². The lowest BCUT2D eigenvalue weighted by Crippen LogP contribution is -2.38. The number of amides is 1. The highest BCUT2D eigenvalue weighted by Crippen LogP contribution is 2.29. The van der Waals surface area contributed by atoms with Crippen molar-refractivity contribution < 1.29 is 9.59 Å². The molecule has 0 aliphatic carbocycles. The van der Waals surface area contributed by atoms with Crippen molar-refractivity contribution in [2.24, 2.45) is 0 Å². The van der Waals surface area contributed by atoms with Gasteiger partial charge in [-0.05, 0) is 73.0 Å². The molecule has 4 rings (SSSR count). The third-order valence-corrected chi connectivity index (χ3v) is 6.65. The van der Waals surface area contributed by atoms with Crippen LogP contribution in [0.25, 0.3) is 0 Å². The summed E-state index contributed by atoms with van der Waals surface area (Å²) in [6.45, 7) is 3.34. The number of likely N-dealkylation sites (tertiary alicyclic amines) is 1. The lowest BCUT2D eigenvalue weighted by atomic mass is 9.89. The van der Waals surface area contributed by atoms with E-state index in [1.165, 1.54) is 16.7 Å². The minimum absolute atomic E-state index is 0.0615. The summed E-state index contributed by atoms with van der Waals surface area (Å²) in [5, 5.41) is 4.15. The van der Waals surface area contributed by atoms with E-state index in [1.807, 2.05) is 29.2 Å². The smallest absolute Gasteiger partial charge is 0.223 e. The maximum Gasteiger partial charge on any atom is 0.223 e. The molecular formula is C25H29ClN2O2. The molecule has 2 aliphatic heterocycles. The molecule has 0 radical (unpaired) electrons. The highest BCUT2D eigenvalue weighted by molar-refractivity contribution is 6.30. The molecular weight excluding hydrogens is 396 g/mol. The van der Waals surface area contributed by atoms with E-state index < -0.39 is 0 Å². The fourth-order valence-corrected chi connectivity index (χ4v) is 4.68. The van der Waals surface area contributed by atoms with Gasteiger partial charge in [-0.2, -0.15) is 0 Å². The van der Waals surface area contributed by atoms with E-state index in [2.05, 4.69) is 23.5 Å². The zero-order valence-corrected chi connectivity index (χ0v) is 18.1. The average Bonchev–Trinajstić information content (AvgIpc) is 3.03. The molecule has 0 unspecified atom stereocenters. The van der Waals surface area contributed by atoms with Gasteiger partial charge in [0.15, 0.2) is 5.78 Å². The molecule has 0 bridgehead atoms. The Morgan fingerprint density at radius 2 is 1.77 bits per heavy atom. The molecule has 0 spiro atoms. The highest BCUT2D eigenvalue weighted by Gasteiger charge is 2.24. The quantitative estimate of drug-likeness (QED) is 0.705. The van der Waals surface area contributed by atoms with E-state index in [0.717, 1.165) is 62.4 Å². The van der Waals surface area contributed by atoms with Gasteiger partial charge < -0.3 is 10.2 Å². The van der Waals surface area contributed by atoms with Crippen molar-refractivity contribution in [1.29, 1.82) is 0 Å². The summed E-state index contributed by atoms with van der Waals surface area (Å²) in [5.74, 6) is 0.627. The first-order valence-corrected chi connectivity index (χ1v) is 11.4. The van der Waals surface area contributed by atoms with E-state index in [4.69, 9.17) is 11.6 Å². The van der Waals surface area contributed by atoms with Gasteiger partial charge in [0.1, 0.15) is 0 Å². The predicted molar refractivity (Wildman–Crippen MR) is 120 cm³/mol. The summed E-state index contributed by atoms with van der Waals surface area (Å²) in [6, 6.07) is 14.0. The lowest BCUT2D eigenvalue weighted by molar-refractivity contribution is -0.132.